The van der Waals surface area contributed by atoms with Crippen LogP contribution in [0.3, 0.4) is 0 Å². The third kappa shape index (κ3) is 2.87. The first kappa shape index (κ1) is 11.3. The summed E-state index contributed by atoms with van der Waals surface area (Å²) in [5, 5.41) is 9.80. The van der Waals surface area contributed by atoms with Gasteiger partial charge in [0.2, 0.25) is 0 Å². The summed E-state index contributed by atoms with van der Waals surface area (Å²) in [4.78, 5) is 4.74. The molecule has 1 aromatic heterocycles. The van der Waals surface area contributed by atoms with Gasteiger partial charge in [0, 0.05) is 5.25 Å². The number of aromatic nitrogens is 1. The van der Waals surface area contributed by atoms with Crippen molar-refractivity contribution in [2.45, 2.75) is 41.7 Å². The van der Waals surface area contributed by atoms with Crippen molar-refractivity contribution in [3.05, 3.63) is 10.0 Å². The molecule has 1 fully saturated rings. The van der Waals surface area contributed by atoms with Gasteiger partial charge in [0.1, 0.15) is 10.9 Å². The molecular weight excluding hydrogens is 248 g/mol. The van der Waals surface area contributed by atoms with Crippen molar-refractivity contribution in [2.75, 3.05) is 0 Å². The van der Waals surface area contributed by atoms with E-state index < -0.39 is 0 Å². The summed E-state index contributed by atoms with van der Waals surface area (Å²) in [5.41, 5.74) is 0. The van der Waals surface area contributed by atoms with E-state index in [-0.39, 0.29) is 0 Å². The van der Waals surface area contributed by atoms with Crippen LogP contribution in [-0.4, -0.2) is 10.2 Å². The zero-order valence-corrected chi connectivity index (χ0v) is 10.6. The Bertz CT molecular complexity index is 377. The number of thiazole rings is 1. The normalized spacial score (nSPS) is 17.6. The minimum atomic E-state index is 0.362. The Labute approximate surface area is 103 Å². The second-order valence-electron chi connectivity index (χ2n) is 3.59. The number of hydrogen-bond acceptors (Lipinski definition) is 4. The lowest BCUT2D eigenvalue weighted by Gasteiger charge is -2.19. The number of halogens is 1. The first-order valence-electron chi connectivity index (χ1n) is 5.02. The van der Waals surface area contributed by atoms with Crippen molar-refractivity contribution < 1.29 is 0 Å². The molecule has 1 aliphatic carbocycles. The van der Waals surface area contributed by atoms with E-state index in [0.29, 0.717) is 15.3 Å². The highest BCUT2D eigenvalue weighted by atomic mass is 35.5. The van der Waals surface area contributed by atoms with E-state index >= 15 is 0 Å². The quantitative estimate of drug-likeness (QED) is 0.802. The monoisotopic (exact) mass is 258 g/mol. The maximum Gasteiger partial charge on any atom is 0.159 e. The molecule has 0 aromatic carbocycles. The summed E-state index contributed by atoms with van der Waals surface area (Å²) in [6, 6.07) is 2.06. The van der Waals surface area contributed by atoms with Crippen molar-refractivity contribution in [1.82, 2.24) is 4.98 Å². The van der Waals surface area contributed by atoms with E-state index in [4.69, 9.17) is 16.9 Å². The fourth-order valence-electron chi connectivity index (χ4n) is 1.73. The topological polar surface area (TPSA) is 36.7 Å². The van der Waals surface area contributed by atoms with Gasteiger partial charge in [-0.3, -0.25) is 0 Å². The Balaban J connectivity index is 2.01. The molecule has 5 heteroatoms. The molecule has 0 atom stereocenters. The van der Waals surface area contributed by atoms with Crippen molar-refractivity contribution in [3.63, 3.8) is 0 Å². The minimum Gasteiger partial charge on any atom is -0.216 e. The lowest BCUT2D eigenvalue weighted by Crippen LogP contribution is -2.07. The summed E-state index contributed by atoms with van der Waals surface area (Å²) < 4.78 is 0.948. The predicted octanol–water partition coefficient (Wildman–Crippen LogP) is 4.09. The molecule has 1 aliphatic rings. The Morgan fingerprint density at radius 1 is 1.40 bits per heavy atom. The Hall–Kier alpha value is -0.240. The average molecular weight is 259 g/mol. The molecule has 1 saturated carbocycles. The van der Waals surface area contributed by atoms with E-state index in [0.717, 1.165) is 4.34 Å². The van der Waals surface area contributed by atoms with Gasteiger partial charge < -0.3 is 0 Å². The van der Waals surface area contributed by atoms with Gasteiger partial charge in [-0.25, -0.2) is 4.98 Å². The van der Waals surface area contributed by atoms with Crippen molar-refractivity contribution in [2.24, 2.45) is 0 Å². The standard InChI is InChI=1S/C10H11ClN2S2/c11-9-8(6-12)15-10(13-9)14-7-4-2-1-3-5-7/h7H,1-5H2. The second kappa shape index (κ2) is 5.20. The first-order chi connectivity index (χ1) is 7.29. The molecule has 0 aliphatic heterocycles. The van der Waals surface area contributed by atoms with Crippen LogP contribution in [0.1, 0.15) is 37.0 Å². The number of hydrogen-bond donors (Lipinski definition) is 0. The Morgan fingerprint density at radius 3 is 2.73 bits per heavy atom. The van der Waals surface area contributed by atoms with Gasteiger partial charge in [-0.05, 0) is 12.8 Å². The summed E-state index contributed by atoms with van der Waals surface area (Å²) in [5.74, 6) is 0. The molecule has 0 bridgehead atoms. The zero-order chi connectivity index (χ0) is 10.7. The van der Waals surface area contributed by atoms with E-state index in [9.17, 15) is 0 Å². The lowest BCUT2D eigenvalue weighted by atomic mass is 10.0. The van der Waals surface area contributed by atoms with E-state index in [1.807, 2.05) is 0 Å². The highest BCUT2D eigenvalue weighted by Gasteiger charge is 2.17. The van der Waals surface area contributed by atoms with Gasteiger partial charge >= 0.3 is 0 Å². The third-order valence-corrected chi connectivity index (χ3v) is 5.26. The fraction of sp³-hybridized carbons (Fsp3) is 0.600. The van der Waals surface area contributed by atoms with Gasteiger partial charge in [0.15, 0.2) is 9.49 Å². The van der Waals surface area contributed by atoms with Gasteiger partial charge in [0.05, 0.1) is 0 Å². The van der Waals surface area contributed by atoms with Crippen LogP contribution < -0.4 is 0 Å². The van der Waals surface area contributed by atoms with Crippen molar-refractivity contribution in [3.8, 4) is 6.07 Å². The highest BCUT2D eigenvalue weighted by Crippen LogP contribution is 2.37. The van der Waals surface area contributed by atoms with Gasteiger partial charge in [-0.1, -0.05) is 54.0 Å². The molecule has 0 spiro atoms. The van der Waals surface area contributed by atoms with E-state index in [1.54, 1.807) is 11.8 Å². The fourth-order valence-corrected chi connectivity index (χ4v) is 4.41. The van der Waals surface area contributed by atoms with E-state index in [1.165, 1.54) is 43.4 Å². The molecule has 0 amide bonds. The third-order valence-electron chi connectivity index (χ3n) is 2.49. The van der Waals surface area contributed by atoms with Gasteiger partial charge in [-0.2, -0.15) is 5.26 Å². The van der Waals surface area contributed by atoms with Crippen LogP contribution in [0.4, 0.5) is 0 Å². The summed E-state index contributed by atoms with van der Waals surface area (Å²) >= 11 is 9.02. The molecule has 2 rings (SSSR count). The van der Waals surface area contributed by atoms with Crippen LogP contribution in [0, 0.1) is 11.3 Å². The molecular formula is C10H11ClN2S2. The maximum atomic E-state index is 8.76. The van der Waals surface area contributed by atoms with Crippen LogP contribution in [0.2, 0.25) is 5.15 Å². The number of thioether (sulfide) groups is 1. The van der Waals surface area contributed by atoms with Crippen LogP contribution in [0.25, 0.3) is 0 Å². The summed E-state index contributed by atoms with van der Waals surface area (Å²) in [6.45, 7) is 0. The van der Waals surface area contributed by atoms with Crippen molar-refractivity contribution in [1.29, 1.82) is 5.26 Å². The number of nitriles is 1. The molecule has 1 heterocycles. The molecule has 0 unspecified atom stereocenters. The Kier molecular flexibility index (Phi) is 3.90. The molecule has 2 nitrogen and oxygen atoms in total. The number of nitrogens with zero attached hydrogens (tertiary/aromatic N) is 2. The molecule has 80 valence electrons. The Morgan fingerprint density at radius 2 is 2.13 bits per heavy atom. The molecule has 0 saturated heterocycles. The predicted molar refractivity (Wildman–Crippen MR) is 64.6 cm³/mol. The van der Waals surface area contributed by atoms with Crippen LogP contribution >= 0.6 is 34.7 Å². The first-order valence-corrected chi connectivity index (χ1v) is 7.10. The molecule has 0 radical (unpaired) electrons. The molecule has 1 aromatic rings. The molecule has 0 N–H and O–H groups in total. The van der Waals surface area contributed by atoms with Gasteiger partial charge in [-0.15, -0.1) is 0 Å². The second-order valence-corrected chi connectivity index (χ2v) is 6.49. The van der Waals surface area contributed by atoms with E-state index in [2.05, 4.69) is 11.1 Å². The largest absolute Gasteiger partial charge is 0.216 e. The summed E-state index contributed by atoms with van der Waals surface area (Å²) in [7, 11) is 0. The SMILES string of the molecule is N#Cc1sc(SC2CCCCC2)nc1Cl. The molecule has 15 heavy (non-hydrogen) atoms. The van der Waals surface area contributed by atoms with Crippen LogP contribution in [0.15, 0.2) is 4.34 Å². The smallest absolute Gasteiger partial charge is 0.159 e. The van der Waals surface area contributed by atoms with Gasteiger partial charge in [0.25, 0.3) is 0 Å². The minimum absolute atomic E-state index is 0.362. The maximum absolute atomic E-state index is 8.76. The van der Waals surface area contributed by atoms with Crippen LogP contribution in [-0.2, 0) is 0 Å². The lowest BCUT2D eigenvalue weighted by molar-refractivity contribution is 0.516. The van der Waals surface area contributed by atoms with Crippen molar-refractivity contribution >= 4 is 34.7 Å². The number of rotatable bonds is 2. The highest BCUT2D eigenvalue weighted by molar-refractivity contribution is 8.01. The zero-order valence-electron chi connectivity index (χ0n) is 8.20. The van der Waals surface area contributed by atoms with Crippen LogP contribution in [0.5, 0.6) is 0 Å². The average Bonchev–Trinajstić information content (AvgIpc) is 2.60. The summed E-state index contributed by atoms with van der Waals surface area (Å²) in [6.07, 6.45) is 6.54.